The highest BCUT2D eigenvalue weighted by Gasteiger charge is 2.27. The molecule has 1 aromatic heterocycles. The van der Waals surface area contributed by atoms with Gasteiger partial charge in [-0.15, -0.1) is 11.3 Å². The van der Waals surface area contributed by atoms with E-state index in [0.717, 1.165) is 49.3 Å². The molecule has 29 heavy (non-hydrogen) atoms. The summed E-state index contributed by atoms with van der Waals surface area (Å²) >= 11 is 1.64. The molecule has 1 saturated heterocycles. The first-order valence-corrected chi connectivity index (χ1v) is 11.4. The van der Waals surface area contributed by atoms with Crippen LogP contribution >= 0.6 is 11.3 Å². The topological polar surface area (TPSA) is 62.3 Å². The molecule has 156 valence electrons. The third-order valence-corrected chi connectivity index (χ3v) is 6.58. The number of nitrogens with zero attached hydrogens (tertiary/aromatic N) is 2. The standard InChI is InChI=1S/C23H31N3O2S/c1-17-6-8-19(9-7-17)16-23(28)26-13-10-20(11-14-26)18(2)25-21(27)4-3-5-22-24-12-15-29-22/h6-9,12,15,18,20H,3-5,10-11,13-14,16H2,1-2H3,(H,25,27)/t18-/m1/s1. The number of nitrogens with one attached hydrogen (secondary N) is 1. The number of aryl methyl sites for hydroxylation is 2. The second kappa shape index (κ2) is 10.5. The van der Waals surface area contributed by atoms with Crippen LogP contribution in [0.2, 0.25) is 0 Å². The summed E-state index contributed by atoms with van der Waals surface area (Å²) in [6.45, 7) is 5.70. The van der Waals surface area contributed by atoms with Crippen LogP contribution in [-0.4, -0.2) is 40.8 Å². The maximum absolute atomic E-state index is 12.6. The fourth-order valence-electron chi connectivity index (χ4n) is 3.86. The molecule has 1 atom stereocenters. The van der Waals surface area contributed by atoms with Gasteiger partial charge in [-0.2, -0.15) is 0 Å². The van der Waals surface area contributed by atoms with Gasteiger partial charge in [-0.1, -0.05) is 29.8 Å². The highest BCUT2D eigenvalue weighted by atomic mass is 32.1. The van der Waals surface area contributed by atoms with Crippen LogP contribution in [0.4, 0.5) is 0 Å². The predicted molar refractivity (Wildman–Crippen MR) is 117 cm³/mol. The zero-order valence-electron chi connectivity index (χ0n) is 17.4. The third-order valence-electron chi connectivity index (χ3n) is 5.74. The van der Waals surface area contributed by atoms with Gasteiger partial charge >= 0.3 is 0 Å². The molecule has 1 fully saturated rings. The Labute approximate surface area is 177 Å². The first kappa shape index (κ1) is 21.5. The largest absolute Gasteiger partial charge is 0.353 e. The molecule has 2 amide bonds. The van der Waals surface area contributed by atoms with Crippen molar-refractivity contribution in [3.63, 3.8) is 0 Å². The van der Waals surface area contributed by atoms with E-state index in [1.54, 1.807) is 17.5 Å². The Morgan fingerprint density at radius 2 is 1.97 bits per heavy atom. The van der Waals surface area contributed by atoms with Crippen LogP contribution in [0.5, 0.6) is 0 Å². The maximum atomic E-state index is 12.6. The lowest BCUT2D eigenvalue weighted by molar-refractivity contribution is -0.132. The Morgan fingerprint density at radius 1 is 1.24 bits per heavy atom. The number of carbonyl (C=O) groups excluding carboxylic acids is 2. The van der Waals surface area contributed by atoms with E-state index >= 15 is 0 Å². The van der Waals surface area contributed by atoms with Crippen molar-refractivity contribution in [2.75, 3.05) is 13.1 Å². The minimum Gasteiger partial charge on any atom is -0.353 e. The molecule has 1 aliphatic rings. The van der Waals surface area contributed by atoms with Crippen molar-refractivity contribution >= 4 is 23.2 Å². The lowest BCUT2D eigenvalue weighted by Crippen LogP contribution is -2.45. The van der Waals surface area contributed by atoms with Gasteiger partial charge in [-0.25, -0.2) is 4.98 Å². The van der Waals surface area contributed by atoms with Gasteiger partial charge in [-0.3, -0.25) is 9.59 Å². The summed E-state index contributed by atoms with van der Waals surface area (Å²) in [4.78, 5) is 31.0. The van der Waals surface area contributed by atoms with Gasteiger partial charge in [0.15, 0.2) is 0 Å². The molecule has 0 radical (unpaired) electrons. The summed E-state index contributed by atoms with van der Waals surface area (Å²) in [5, 5.41) is 6.22. The van der Waals surface area contributed by atoms with Crippen LogP contribution < -0.4 is 5.32 Å². The average molecular weight is 414 g/mol. The summed E-state index contributed by atoms with van der Waals surface area (Å²) in [5.41, 5.74) is 2.28. The molecule has 2 aromatic rings. The molecule has 3 rings (SSSR count). The fraction of sp³-hybridized carbons (Fsp3) is 0.522. The Kier molecular flexibility index (Phi) is 7.81. The van der Waals surface area contributed by atoms with E-state index in [1.807, 2.05) is 22.4 Å². The minimum atomic E-state index is 0.118. The molecule has 0 saturated carbocycles. The van der Waals surface area contributed by atoms with Gasteiger partial charge in [0, 0.05) is 37.1 Å². The first-order valence-electron chi connectivity index (χ1n) is 10.5. The molecular weight excluding hydrogens is 382 g/mol. The normalized spacial score (nSPS) is 15.9. The van der Waals surface area contributed by atoms with E-state index in [2.05, 4.69) is 36.3 Å². The van der Waals surface area contributed by atoms with Crippen molar-refractivity contribution < 1.29 is 9.59 Å². The summed E-state index contributed by atoms with van der Waals surface area (Å²) < 4.78 is 0. The van der Waals surface area contributed by atoms with Crippen LogP contribution in [0.1, 0.15) is 48.7 Å². The zero-order valence-corrected chi connectivity index (χ0v) is 18.2. The van der Waals surface area contributed by atoms with E-state index in [4.69, 9.17) is 0 Å². The van der Waals surface area contributed by atoms with Crippen LogP contribution in [-0.2, 0) is 22.4 Å². The highest BCUT2D eigenvalue weighted by Crippen LogP contribution is 2.21. The predicted octanol–water partition coefficient (Wildman–Crippen LogP) is 3.76. The lowest BCUT2D eigenvalue weighted by Gasteiger charge is -2.35. The number of rotatable bonds is 8. The number of hydrogen-bond acceptors (Lipinski definition) is 4. The number of piperidine rings is 1. The second-order valence-corrected chi connectivity index (χ2v) is 9.00. The second-order valence-electron chi connectivity index (χ2n) is 8.02. The monoisotopic (exact) mass is 413 g/mol. The number of thiazole rings is 1. The van der Waals surface area contributed by atoms with Gasteiger partial charge in [-0.05, 0) is 51.0 Å². The summed E-state index contributed by atoms with van der Waals surface area (Å²) in [7, 11) is 0. The van der Waals surface area contributed by atoms with E-state index in [-0.39, 0.29) is 17.9 Å². The van der Waals surface area contributed by atoms with E-state index < -0.39 is 0 Å². The Hall–Kier alpha value is -2.21. The van der Waals surface area contributed by atoms with Crippen molar-refractivity contribution in [2.45, 2.75) is 58.4 Å². The van der Waals surface area contributed by atoms with Crippen LogP contribution in [0, 0.1) is 12.8 Å². The number of amides is 2. The molecule has 1 N–H and O–H groups in total. The Bertz CT molecular complexity index is 781. The van der Waals surface area contributed by atoms with Crippen molar-refractivity contribution in [3.8, 4) is 0 Å². The van der Waals surface area contributed by atoms with Crippen molar-refractivity contribution in [1.29, 1.82) is 0 Å². The summed E-state index contributed by atoms with van der Waals surface area (Å²) in [6.07, 6.45) is 6.40. The van der Waals surface area contributed by atoms with Gasteiger partial charge in [0.1, 0.15) is 0 Å². The minimum absolute atomic E-state index is 0.118. The van der Waals surface area contributed by atoms with E-state index in [1.165, 1.54) is 5.56 Å². The summed E-state index contributed by atoms with van der Waals surface area (Å²) in [5.74, 6) is 0.749. The lowest BCUT2D eigenvalue weighted by atomic mass is 9.90. The molecule has 0 aliphatic carbocycles. The summed E-state index contributed by atoms with van der Waals surface area (Å²) in [6, 6.07) is 8.32. The molecule has 1 aromatic carbocycles. The van der Waals surface area contributed by atoms with Gasteiger partial charge in [0.25, 0.3) is 0 Å². The van der Waals surface area contributed by atoms with Crippen LogP contribution in [0.25, 0.3) is 0 Å². The third kappa shape index (κ3) is 6.67. The molecule has 0 spiro atoms. The number of aromatic nitrogens is 1. The van der Waals surface area contributed by atoms with Gasteiger partial charge in [0.2, 0.25) is 11.8 Å². The molecule has 0 bridgehead atoms. The zero-order chi connectivity index (χ0) is 20.6. The molecule has 0 unspecified atom stereocenters. The molecule has 6 heteroatoms. The number of benzene rings is 1. The van der Waals surface area contributed by atoms with Crippen molar-refractivity contribution in [3.05, 3.63) is 52.0 Å². The number of carbonyl (C=O) groups is 2. The van der Waals surface area contributed by atoms with Crippen molar-refractivity contribution in [2.24, 2.45) is 5.92 Å². The first-order chi connectivity index (χ1) is 14.0. The van der Waals surface area contributed by atoms with Crippen LogP contribution in [0.3, 0.4) is 0 Å². The molecule has 5 nitrogen and oxygen atoms in total. The molecular formula is C23H31N3O2S. The molecule has 1 aliphatic heterocycles. The smallest absolute Gasteiger partial charge is 0.226 e. The average Bonchev–Trinajstić information content (AvgIpc) is 3.23. The number of likely N-dealkylation sites (tertiary alicyclic amines) is 1. The van der Waals surface area contributed by atoms with Gasteiger partial charge in [0.05, 0.1) is 11.4 Å². The quantitative estimate of drug-likeness (QED) is 0.717. The van der Waals surface area contributed by atoms with E-state index in [0.29, 0.717) is 18.8 Å². The van der Waals surface area contributed by atoms with E-state index in [9.17, 15) is 9.59 Å². The number of hydrogen-bond donors (Lipinski definition) is 1. The maximum Gasteiger partial charge on any atom is 0.226 e. The Balaban J connectivity index is 1.36. The van der Waals surface area contributed by atoms with Gasteiger partial charge < -0.3 is 10.2 Å². The highest BCUT2D eigenvalue weighted by molar-refractivity contribution is 7.09. The fourth-order valence-corrected chi connectivity index (χ4v) is 4.52. The van der Waals surface area contributed by atoms with Crippen molar-refractivity contribution in [1.82, 2.24) is 15.2 Å². The van der Waals surface area contributed by atoms with Crippen LogP contribution in [0.15, 0.2) is 35.8 Å². The molecule has 2 heterocycles. The SMILES string of the molecule is Cc1ccc(CC(=O)N2CCC([C@@H](C)NC(=O)CCCc3nccs3)CC2)cc1. The Morgan fingerprint density at radius 3 is 2.62 bits per heavy atom.